The van der Waals surface area contributed by atoms with Gasteiger partial charge in [-0.05, 0) is 45.2 Å². The maximum Gasteiger partial charge on any atom is 0.338 e. The van der Waals surface area contributed by atoms with Gasteiger partial charge in [-0.1, -0.05) is 41.8 Å². The van der Waals surface area contributed by atoms with E-state index in [9.17, 15) is 14.4 Å². The fraction of sp³-hybridized carbons (Fsp3) is 0.577. The number of likely N-dealkylation sites (N-methyl/N-ethyl adjacent to an activating group) is 1. The van der Waals surface area contributed by atoms with E-state index >= 15 is 0 Å². The summed E-state index contributed by atoms with van der Waals surface area (Å²) in [6.45, 7) is 8.57. The lowest BCUT2D eigenvalue weighted by Crippen LogP contribution is -2.57. The Kier molecular flexibility index (Phi) is 8.48. The zero-order valence-electron chi connectivity index (χ0n) is 21.1. The normalized spacial score (nSPS) is 23.4. The molecule has 0 aromatic heterocycles. The van der Waals surface area contributed by atoms with Crippen LogP contribution in [0.5, 0.6) is 0 Å². The quantitative estimate of drug-likeness (QED) is 0.527. The molecule has 3 amide bonds. The second-order valence-corrected chi connectivity index (χ2v) is 10.4. The molecule has 1 aromatic carbocycles. The molecule has 4 rings (SSSR count). The van der Waals surface area contributed by atoms with Gasteiger partial charge < -0.3 is 15.0 Å². The first kappa shape index (κ1) is 26.8. The van der Waals surface area contributed by atoms with Crippen LogP contribution in [0.4, 0.5) is 4.79 Å². The summed E-state index contributed by atoms with van der Waals surface area (Å²) in [5, 5.41) is 3.55. The molecule has 36 heavy (non-hydrogen) atoms. The zero-order valence-corrected chi connectivity index (χ0v) is 22.6. The number of rotatable bonds is 7. The van der Waals surface area contributed by atoms with Gasteiger partial charge in [0.05, 0.1) is 28.3 Å². The van der Waals surface area contributed by atoms with Crippen LogP contribution in [0.15, 0.2) is 29.5 Å². The molecule has 2 fully saturated rings. The van der Waals surface area contributed by atoms with E-state index in [1.165, 1.54) is 0 Å². The van der Waals surface area contributed by atoms with Crippen LogP contribution in [0.25, 0.3) is 0 Å². The number of piperazine rings is 1. The smallest absolute Gasteiger partial charge is 0.338 e. The van der Waals surface area contributed by atoms with Crippen molar-refractivity contribution in [3.8, 4) is 0 Å². The van der Waals surface area contributed by atoms with E-state index in [4.69, 9.17) is 27.9 Å². The molecule has 2 atom stereocenters. The molecular weight excluding hydrogens is 503 g/mol. The number of carbonyl (C=O) groups excluding carboxylic acids is 3. The predicted molar refractivity (Wildman–Crippen MR) is 139 cm³/mol. The number of amides is 3. The Balaban J connectivity index is 1.67. The van der Waals surface area contributed by atoms with Crippen molar-refractivity contribution in [1.29, 1.82) is 0 Å². The molecule has 1 saturated heterocycles. The number of ether oxygens (including phenoxy) is 1. The molecule has 10 heteroatoms. The number of halogens is 2. The highest BCUT2D eigenvalue weighted by atomic mass is 35.5. The summed E-state index contributed by atoms with van der Waals surface area (Å²) in [5.74, 6) is -0.0838. The zero-order chi connectivity index (χ0) is 26.0. The van der Waals surface area contributed by atoms with E-state index in [0.717, 1.165) is 19.3 Å². The lowest BCUT2D eigenvalue weighted by atomic mass is 9.84. The van der Waals surface area contributed by atoms with Crippen LogP contribution in [0, 0.1) is 5.92 Å². The molecule has 8 nitrogen and oxygen atoms in total. The minimum atomic E-state index is -0.792. The maximum absolute atomic E-state index is 13.3. The summed E-state index contributed by atoms with van der Waals surface area (Å²) in [5.41, 5.74) is 1.48. The molecule has 1 saturated carbocycles. The molecule has 1 N–H and O–H groups in total. The summed E-state index contributed by atoms with van der Waals surface area (Å²) in [4.78, 5) is 45.1. The fourth-order valence-corrected chi connectivity index (χ4v) is 5.66. The van der Waals surface area contributed by atoms with Crippen molar-refractivity contribution in [2.24, 2.45) is 5.92 Å². The van der Waals surface area contributed by atoms with Crippen molar-refractivity contribution < 1.29 is 19.1 Å². The van der Waals surface area contributed by atoms with Gasteiger partial charge in [0.2, 0.25) is 5.91 Å². The van der Waals surface area contributed by atoms with Crippen molar-refractivity contribution in [3.05, 3.63) is 45.1 Å². The van der Waals surface area contributed by atoms with Gasteiger partial charge in [-0.3, -0.25) is 14.6 Å². The highest BCUT2D eigenvalue weighted by molar-refractivity contribution is 6.42. The number of esters is 1. The van der Waals surface area contributed by atoms with Gasteiger partial charge >= 0.3 is 12.0 Å². The summed E-state index contributed by atoms with van der Waals surface area (Å²) < 4.78 is 5.44. The predicted octanol–water partition coefficient (Wildman–Crippen LogP) is 4.23. The van der Waals surface area contributed by atoms with Gasteiger partial charge in [0.15, 0.2) is 0 Å². The Labute approximate surface area is 222 Å². The standard InChI is InChI=1S/C26H34Cl2N4O4/c1-4-31-20(15-30-12-13-32(16(3)14-30)24(33)17-8-6-9-17)21(25(34)36-5-2)23(29-26(31)35)18-10-7-11-19(27)22(18)28/h7,10-11,16-17,23H,4-6,8-9,12-15H2,1-3H3,(H,29,35)/t16-,23+/m0/s1. The van der Waals surface area contributed by atoms with Crippen LogP contribution in [-0.2, 0) is 14.3 Å². The van der Waals surface area contributed by atoms with E-state index in [2.05, 4.69) is 17.1 Å². The first-order chi connectivity index (χ1) is 17.3. The molecule has 2 aliphatic heterocycles. The summed E-state index contributed by atoms with van der Waals surface area (Å²) in [6.07, 6.45) is 3.09. The minimum Gasteiger partial charge on any atom is -0.463 e. The van der Waals surface area contributed by atoms with Gasteiger partial charge in [-0.15, -0.1) is 0 Å². The summed E-state index contributed by atoms with van der Waals surface area (Å²) >= 11 is 12.8. The van der Waals surface area contributed by atoms with Crippen molar-refractivity contribution in [1.82, 2.24) is 20.0 Å². The van der Waals surface area contributed by atoms with E-state index in [-0.39, 0.29) is 35.5 Å². The molecular formula is C26H34Cl2N4O4. The Morgan fingerprint density at radius 1 is 1.17 bits per heavy atom. The number of hydrogen-bond acceptors (Lipinski definition) is 5. The van der Waals surface area contributed by atoms with E-state index in [1.807, 2.05) is 11.8 Å². The fourth-order valence-electron chi connectivity index (χ4n) is 5.24. The molecule has 0 unspecified atom stereocenters. The first-order valence-electron chi connectivity index (χ1n) is 12.7. The van der Waals surface area contributed by atoms with Gasteiger partial charge in [0, 0.05) is 50.4 Å². The molecule has 1 aromatic rings. The van der Waals surface area contributed by atoms with Gasteiger partial charge in [0.25, 0.3) is 0 Å². The monoisotopic (exact) mass is 536 g/mol. The Hall–Kier alpha value is -2.29. The van der Waals surface area contributed by atoms with Gasteiger partial charge in [-0.2, -0.15) is 0 Å². The molecule has 0 spiro atoms. The number of benzene rings is 1. The third kappa shape index (κ3) is 5.22. The first-order valence-corrected chi connectivity index (χ1v) is 13.5. The van der Waals surface area contributed by atoms with Crippen LogP contribution >= 0.6 is 23.2 Å². The number of hydrogen-bond donors (Lipinski definition) is 1. The molecule has 196 valence electrons. The van der Waals surface area contributed by atoms with Crippen LogP contribution in [-0.4, -0.2) is 78.0 Å². The van der Waals surface area contributed by atoms with Crippen LogP contribution in [0.3, 0.4) is 0 Å². The highest BCUT2D eigenvalue weighted by Crippen LogP contribution is 2.38. The third-order valence-electron chi connectivity index (χ3n) is 7.36. The molecule has 1 aliphatic carbocycles. The number of carbonyl (C=O) groups is 3. The third-order valence-corrected chi connectivity index (χ3v) is 8.20. The van der Waals surface area contributed by atoms with E-state index in [0.29, 0.717) is 54.6 Å². The second-order valence-electron chi connectivity index (χ2n) is 9.59. The summed E-state index contributed by atoms with van der Waals surface area (Å²) in [7, 11) is 0. The van der Waals surface area contributed by atoms with Crippen LogP contribution in [0.1, 0.15) is 51.6 Å². The SMILES string of the molecule is CCOC(=O)C1=C(CN2CCN(C(=O)C3CCC3)[C@@H](C)C2)N(CC)C(=O)N[C@@H]1c1cccc(Cl)c1Cl. The van der Waals surface area contributed by atoms with Crippen molar-refractivity contribution in [2.45, 2.75) is 52.1 Å². The second kappa shape index (κ2) is 11.4. The Morgan fingerprint density at radius 2 is 1.92 bits per heavy atom. The molecule has 2 heterocycles. The molecule has 3 aliphatic rings. The van der Waals surface area contributed by atoms with Gasteiger partial charge in [0.1, 0.15) is 0 Å². The van der Waals surface area contributed by atoms with Crippen molar-refractivity contribution >= 4 is 41.1 Å². The Morgan fingerprint density at radius 3 is 2.53 bits per heavy atom. The average molecular weight is 537 g/mol. The number of urea groups is 1. The van der Waals surface area contributed by atoms with Crippen molar-refractivity contribution in [2.75, 3.05) is 39.3 Å². The largest absolute Gasteiger partial charge is 0.463 e. The van der Waals surface area contributed by atoms with Crippen molar-refractivity contribution in [3.63, 3.8) is 0 Å². The van der Waals surface area contributed by atoms with Gasteiger partial charge in [-0.25, -0.2) is 9.59 Å². The topological polar surface area (TPSA) is 82.2 Å². The highest BCUT2D eigenvalue weighted by Gasteiger charge is 2.40. The number of nitrogens with zero attached hydrogens (tertiary/aromatic N) is 3. The average Bonchev–Trinajstić information content (AvgIpc) is 2.79. The molecule has 0 bridgehead atoms. The maximum atomic E-state index is 13.3. The van der Waals surface area contributed by atoms with Crippen LogP contribution < -0.4 is 5.32 Å². The molecule has 0 radical (unpaired) electrons. The number of nitrogens with one attached hydrogen (secondary N) is 1. The lowest BCUT2D eigenvalue weighted by molar-refractivity contribution is -0.142. The lowest BCUT2D eigenvalue weighted by Gasteiger charge is -2.44. The van der Waals surface area contributed by atoms with Crippen LogP contribution in [0.2, 0.25) is 10.0 Å². The van der Waals surface area contributed by atoms with E-state index < -0.39 is 12.0 Å². The summed E-state index contributed by atoms with van der Waals surface area (Å²) in [6, 6.07) is 4.10. The van der Waals surface area contributed by atoms with E-state index in [1.54, 1.807) is 30.0 Å². The minimum absolute atomic E-state index is 0.0455. The Bertz CT molecular complexity index is 1060.